The summed E-state index contributed by atoms with van der Waals surface area (Å²) in [7, 11) is -1.01. The van der Waals surface area contributed by atoms with E-state index in [1.165, 1.54) is 6.04 Å². The Morgan fingerprint density at radius 3 is 2.78 bits per heavy atom. The molecule has 6 heteroatoms. The van der Waals surface area contributed by atoms with Gasteiger partial charge in [-0.3, -0.25) is 4.98 Å². The number of ether oxygens (including phenoxy) is 1. The van der Waals surface area contributed by atoms with Crippen molar-refractivity contribution in [2.24, 2.45) is 0 Å². The molecule has 0 aliphatic heterocycles. The number of aromatic nitrogens is 3. The highest BCUT2D eigenvalue weighted by Crippen LogP contribution is 2.20. The fourth-order valence-corrected chi connectivity index (χ4v) is 2.75. The summed E-state index contributed by atoms with van der Waals surface area (Å²) in [6.07, 6.45) is 5.53. The number of pyridine rings is 1. The summed E-state index contributed by atoms with van der Waals surface area (Å²) in [6.45, 7) is 8.36. The lowest BCUT2D eigenvalue weighted by atomic mass is 10.3. The van der Waals surface area contributed by atoms with Crippen LogP contribution in [0.1, 0.15) is 0 Å². The Balaban J connectivity index is 1.94. The second-order valence-electron chi connectivity index (χ2n) is 5.58. The van der Waals surface area contributed by atoms with Gasteiger partial charge in [-0.05, 0) is 22.0 Å². The van der Waals surface area contributed by atoms with Gasteiger partial charge in [0.25, 0.3) is 0 Å². The third-order valence-corrected chi connectivity index (χ3v) is 4.92. The molecule has 2 heterocycles. The van der Waals surface area contributed by atoms with Crippen LogP contribution >= 0.6 is 15.9 Å². The first-order valence-corrected chi connectivity index (χ1v) is 10.5. The summed E-state index contributed by atoms with van der Waals surface area (Å²) in [5, 5.41) is 5.49. The molecule has 0 aliphatic carbocycles. The van der Waals surface area contributed by atoms with E-state index >= 15 is 0 Å². The zero-order chi connectivity index (χ0) is 13.2. The first kappa shape index (κ1) is 13.7. The molecular formula is C12H18BrN3OSi. The van der Waals surface area contributed by atoms with Gasteiger partial charge < -0.3 is 4.74 Å². The van der Waals surface area contributed by atoms with E-state index in [4.69, 9.17) is 4.74 Å². The Labute approximate surface area is 116 Å². The Hall–Kier alpha value is -0.723. The van der Waals surface area contributed by atoms with Crippen molar-refractivity contribution in [3.05, 3.63) is 23.1 Å². The molecule has 0 atom stereocenters. The number of fused-ring (bicyclic) bond motifs is 1. The van der Waals surface area contributed by atoms with Crippen LogP contribution in [0.25, 0.3) is 10.9 Å². The first-order valence-electron chi connectivity index (χ1n) is 6.00. The van der Waals surface area contributed by atoms with Gasteiger partial charge in [0.1, 0.15) is 12.2 Å². The van der Waals surface area contributed by atoms with Gasteiger partial charge in [0, 0.05) is 38.7 Å². The van der Waals surface area contributed by atoms with Crippen molar-refractivity contribution >= 4 is 34.9 Å². The summed E-state index contributed by atoms with van der Waals surface area (Å²) in [4.78, 5) is 4.12. The molecule has 2 aromatic heterocycles. The Kier molecular flexibility index (Phi) is 4.19. The van der Waals surface area contributed by atoms with E-state index in [0.29, 0.717) is 6.73 Å². The van der Waals surface area contributed by atoms with Crippen LogP contribution in [0.2, 0.25) is 25.7 Å². The maximum atomic E-state index is 5.66. The van der Waals surface area contributed by atoms with Crippen LogP contribution in [0.3, 0.4) is 0 Å². The van der Waals surface area contributed by atoms with Crippen molar-refractivity contribution in [1.29, 1.82) is 0 Å². The molecule has 0 radical (unpaired) electrons. The first-order chi connectivity index (χ1) is 8.46. The van der Waals surface area contributed by atoms with Crippen molar-refractivity contribution < 1.29 is 4.74 Å². The summed E-state index contributed by atoms with van der Waals surface area (Å²) in [5.74, 6) is 0. The van der Waals surface area contributed by atoms with Crippen molar-refractivity contribution in [2.75, 3.05) is 6.61 Å². The molecule has 0 amide bonds. The fraction of sp³-hybridized carbons (Fsp3) is 0.500. The van der Waals surface area contributed by atoms with Crippen LogP contribution in [0.4, 0.5) is 0 Å². The van der Waals surface area contributed by atoms with Crippen LogP contribution in [-0.2, 0) is 11.5 Å². The van der Waals surface area contributed by atoms with E-state index in [1.54, 1.807) is 6.20 Å². The van der Waals surface area contributed by atoms with Gasteiger partial charge in [-0.25, -0.2) is 4.68 Å². The van der Waals surface area contributed by atoms with Crippen LogP contribution in [-0.4, -0.2) is 29.4 Å². The average molecular weight is 328 g/mol. The summed E-state index contributed by atoms with van der Waals surface area (Å²) < 4.78 is 8.40. The molecule has 0 fully saturated rings. The molecule has 0 spiro atoms. The maximum Gasteiger partial charge on any atom is 0.139 e. The van der Waals surface area contributed by atoms with Crippen LogP contribution in [0.5, 0.6) is 0 Å². The highest BCUT2D eigenvalue weighted by Gasteiger charge is 2.12. The summed E-state index contributed by atoms with van der Waals surface area (Å²) >= 11 is 3.44. The zero-order valence-corrected chi connectivity index (χ0v) is 13.6. The SMILES string of the molecule is C[Si](C)(C)CCOCn1cc2cncc(Br)c2n1. The van der Waals surface area contributed by atoms with Gasteiger partial charge in [-0.1, -0.05) is 19.6 Å². The second kappa shape index (κ2) is 5.50. The minimum Gasteiger partial charge on any atom is -0.360 e. The molecule has 2 rings (SSSR count). The molecule has 98 valence electrons. The van der Waals surface area contributed by atoms with Gasteiger partial charge >= 0.3 is 0 Å². The van der Waals surface area contributed by atoms with E-state index in [9.17, 15) is 0 Å². The quantitative estimate of drug-likeness (QED) is 0.623. The van der Waals surface area contributed by atoms with Gasteiger partial charge in [-0.2, -0.15) is 5.10 Å². The Morgan fingerprint density at radius 2 is 2.11 bits per heavy atom. The standard InChI is InChI=1S/C12H18BrN3OSi/c1-18(2,3)5-4-17-9-16-8-10-6-14-7-11(13)12(10)15-16/h6-8H,4-5,9H2,1-3H3. The largest absolute Gasteiger partial charge is 0.360 e. The number of hydrogen-bond donors (Lipinski definition) is 0. The minimum absolute atomic E-state index is 0.506. The van der Waals surface area contributed by atoms with Crippen LogP contribution in [0, 0.1) is 0 Å². The van der Waals surface area contributed by atoms with Gasteiger partial charge in [0.05, 0.1) is 4.47 Å². The Bertz CT molecular complexity index is 536. The zero-order valence-electron chi connectivity index (χ0n) is 11.0. The highest BCUT2D eigenvalue weighted by molar-refractivity contribution is 9.10. The normalized spacial score (nSPS) is 12.2. The lowest BCUT2D eigenvalue weighted by Crippen LogP contribution is -2.22. The predicted molar refractivity (Wildman–Crippen MR) is 79.3 cm³/mol. The van der Waals surface area contributed by atoms with Crippen molar-refractivity contribution in [2.45, 2.75) is 32.4 Å². The molecule has 0 saturated heterocycles. The maximum absolute atomic E-state index is 5.66. The average Bonchev–Trinajstić information content (AvgIpc) is 2.68. The third-order valence-electron chi connectivity index (χ3n) is 2.64. The molecule has 18 heavy (non-hydrogen) atoms. The van der Waals surface area contributed by atoms with E-state index in [0.717, 1.165) is 22.0 Å². The van der Waals surface area contributed by atoms with Gasteiger partial charge in [-0.15, -0.1) is 0 Å². The molecule has 0 aliphatic rings. The molecule has 0 aromatic carbocycles. The van der Waals surface area contributed by atoms with E-state index in [2.05, 4.69) is 45.7 Å². The Morgan fingerprint density at radius 1 is 1.33 bits per heavy atom. The van der Waals surface area contributed by atoms with E-state index < -0.39 is 8.07 Å². The highest BCUT2D eigenvalue weighted by atomic mass is 79.9. The molecule has 0 saturated carbocycles. The van der Waals surface area contributed by atoms with E-state index in [1.807, 2.05) is 17.1 Å². The van der Waals surface area contributed by atoms with Crippen molar-refractivity contribution in [1.82, 2.24) is 14.8 Å². The molecular weight excluding hydrogens is 310 g/mol. The molecule has 4 nitrogen and oxygen atoms in total. The lowest BCUT2D eigenvalue weighted by Gasteiger charge is -2.15. The number of hydrogen-bond acceptors (Lipinski definition) is 3. The third kappa shape index (κ3) is 3.63. The van der Waals surface area contributed by atoms with Crippen LogP contribution in [0.15, 0.2) is 23.1 Å². The summed E-state index contributed by atoms with van der Waals surface area (Å²) in [5.41, 5.74) is 0.929. The number of nitrogens with zero attached hydrogens (tertiary/aromatic N) is 3. The molecule has 0 N–H and O–H groups in total. The second-order valence-corrected chi connectivity index (χ2v) is 12.1. The molecule has 0 bridgehead atoms. The predicted octanol–water partition coefficient (Wildman–Crippen LogP) is 3.51. The minimum atomic E-state index is -1.01. The molecule has 2 aromatic rings. The smallest absolute Gasteiger partial charge is 0.139 e. The molecule has 0 unspecified atom stereocenters. The topological polar surface area (TPSA) is 39.9 Å². The summed E-state index contributed by atoms with van der Waals surface area (Å²) in [6, 6.07) is 1.18. The van der Waals surface area contributed by atoms with Crippen molar-refractivity contribution in [3.63, 3.8) is 0 Å². The van der Waals surface area contributed by atoms with E-state index in [-0.39, 0.29) is 0 Å². The van der Waals surface area contributed by atoms with Crippen LogP contribution < -0.4 is 0 Å². The number of halogens is 1. The monoisotopic (exact) mass is 327 g/mol. The fourth-order valence-electron chi connectivity index (χ4n) is 1.56. The van der Waals surface area contributed by atoms with Crippen molar-refractivity contribution in [3.8, 4) is 0 Å². The van der Waals surface area contributed by atoms with Gasteiger partial charge in [0.2, 0.25) is 0 Å². The van der Waals surface area contributed by atoms with Gasteiger partial charge in [0.15, 0.2) is 0 Å². The number of rotatable bonds is 5. The lowest BCUT2D eigenvalue weighted by molar-refractivity contribution is 0.0791.